The molecule has 0 aromatic rings. The summed E-state index contributed by atoms with van der Waals surface area (Å²) in [6, 6.07) is 1.31. The first kappa shape index (κ1) is 16.7. The molecule has 0 bridgehead atoms. The molecule has 0 saturated heterocycles. The van der Waals surface area contributed by atoms with Gasteiger partial charge >= 0.3 is 12.4 Å². The zero-order chi connectivity index (χ0) is 14.6. The molecule has 0 aliphatic heterocycles. The van der Waals surface area contributed by atoms with Gasteiger partial charge < -0.3 is 4.74 Å². The van der Waals surface area contributed by atoms with E-state index in [1.165, 1.54) is 13.0 Å². The molecule has 104 valence electrons. The van der Waals surface area contributed by atoms with Gasteiger partial charge in [-0.2, -0.15) is 31.6 Å². The fraction of sp³-hybridized carbons (Fsp3) is 0.778. The summed E-state index contributed by atoms with van der Waals surface area (Å²) in [5.41, 5.74) is 0. The number of nitrogens with zero attached hydrogens (tertiary/aromatic N) is 1. The Bertz CT molecular complexity index is 315. The molecule has 0 aromatic carbocycles. The van der Waals surface area contributed by atoms with E-state index >= 15 is 0 Å². The van der Waals surface area contributed by atoms with Crippen LogP contribution in [0.1, 0.15) is 13.3 Å². The lowest BCUT2D eigenvalue weighted by Gasteiger charge is -2.22. The summed E-state index contributed by atoms with van der Waals surface area (Å²) >= 11 is 0. The van der Waals surface area contributed by atoms with Gasteiger partial charge in [-0.1, -0.05) is 0 Å². The molecule has 18 heavy (non-hydrogen) atoms. The molecule has 0 rings (SSSR count). The van der Waals surface area contributed by atoms with Crippen LogP contribution in [-0.4, -0.2) is 30.8 Å². The van der Waals surface area contributed by atoms with Crippen molar-refractivity contribution >= 4 is 5.78 Å². The van der Waals surface area contributed by atoms with E-state index in [0.29, 0.717) is 0 Å². The van der Waals surface area contributed by atoms with Crippen LogP contribution in [0.25, 0.3) is 0 Å². The lowest BCUT2D eigenvalue weighted by Crippen LogP contribution is -2.43. The maximum Gasteiger partial charge on any atom is 0.407 e. The third-order valence-corrected chi connectivity index (χ3v) is 1.88. The van der Waals surface area contributed by atoms with Crippen LogP contribution in [0.2, 0.25) is 0 Å². The molecule has 0 radical (unpaired) electrons. The molecule has 0 amide bonds. The molecule has 1 atom stereocenters. The Hall–Kier alpha value is -1.30. The van der Waals surface area contributed by atoms with Gasteiger partial charge in [0.1, 0.15) is 0 Å². The molecular weight excluding hydrogens is 268 g/mol. The van der Waals surface area contributed by atoms with E-state index in [4.69, 9.17) is 5.26 Å². The molecule has 0 fully saturated rings. The van der Waals surface area contributed by atoms with E-state index in [2.05, 4.69) is 4.74 Å². The van der Waals surface area contributed by atoms with E-state index in [1.807, 2.05) is 0 Å². The summed E-state index contributed by atoms with van der Waals surface area (Å²) in [5.74, 6) is -6.21. The third-order valence-electron chi connectivity index (χ3n) is 1.88. The Morgan fingerprint density at radius 2 is 1.67 bits per heavy atom. The number of nitriles is 1. The number of hydrogen-bond donors (Lipinski definition) is 0. The second-order valence-electron chi connectivity index (χ2n) is 3.26. The third kappa shape index (κ3) is 4.91. The van der Waals surface area contributed by atoms with Crippen LogP contribution in [0.15, 0.2) is 0 Å². The van der Waals surface area contributed by atoms with Crippen LogP contribution in [0.4, 0.5) is 26.3 Å². The summed E-state index contributed by atoms with van der Waals surface area (Å²) in [6.45, 7) is 1.29. The minimum atomic E-state index is -5.73. The van der Waals surface area contributed by atoms with Gasteiger partial charge in [-0.05, 0) is 6.92 Å². The van der Waals surface area contributed by atoms with Crippen LogP contribution in [0, 0.1) is 17.2 Å². The zero-order valence-electron chi connectivity index (χ0n) is 9.10. The molecule has 0 N–H and O–H groups in total. The van der Waals surface area contributed by atoms with Gasteiger partial charge in [-0.15, -0.1) is 0 Å². The fourth-order valence-corrected chi connectivity index (χ4v) is 1.19. The Labute approximate surface area is 98.3 Å². The monoisotopic (exact) mass is 277 g/mol. The lowest BCUT2D eigenvalue weighted by molar-refractivity contribution is -0.273. The SMILES string of the molecule is CCOC(C#N)CC(=O)C(C(F)(F)F)C(F)(F)F. The molecule has 0 spiro atoms. The van der Waals surface area contributed by atoms with Crippen LogP contribution < -0.4 is 0 Å². The Balaban J connectivity index is 4.96. The van der Waals surface area contributed by atoms with Crippen molar-refractivity contribution in [2.24, 2.45) is 5.92 Å². The van der Waals surface area contributed by atoms with Crippen molar-refractivity contribution in [1.82, 2.24) is 0 Å². The number of ketones is 1. The zero-order valence-corrected chi connectivity index (χ0v) is 9.10. The van der Waals surface area contributed by atoms with Crippen molar-refractivity contribution in [3.05, 3.63) is 0 Å². The number of halogens is 6. The van der Waals surface area contributed by atoms with Crippen molar-refractivity contribution in [2.75, 3.05) is 6.61 Å². The largest absolute Gasteiger partial charge is 0.407 e. The maximum absolute atomic E-state index is 12.1. The highest BCUT2D eigenvalue weighted by Crippen LogP contribution is 2.40. The second-order valence-corrected chi connectivity index (χ2v) is 3.26. The first-order valence-corrected chi connectivity index (χ1v) is 4.71. The van der Waals surface area contributed by atoms with Gasteiger partial charge in [0.2, 0.25) is 5.92 Å². The van der Waals surface area contributed by atoms with E-state index in [1.54, 1.807) is 0 Å². The number of rotatable bonds is 5. The minimum absolute atomic E-state index is 0.103. The molecular formula is C9H9F6NO2. The predicted octanol–water partition coefficient (Wildman–Crippen LogP) is 2.62. The summed E-state index contributed by atoms with van der Waals surface area (Å²) in [6.07, 6.45) is -14.3. The topological polar surface area (TPSA) is 50.1 Å². The van der Waals surface area contributed by atoms with Gasteiger partial charge in [0, 0.05) is 13.0 Å². The average Bonchev–Trinajstić information content (AvgIpc) is 2.11. The number of alkyl halides is 6. The van der Waals surface area contributed by atoms with Crippen LogP contribution in [0.5, 0.6) is 0 Å². The smallest absolute Gasteiger partial charge is 0.363 e. The average molecular weight is 277 g/mol. The van der Waals surface area contributed by atoms with Gasteiger partial charge in [0.15, 0.2) is 11.9 Å². The van der Waals surface area contributed by atoms with Crippen molar-refractivity contribution in [3.63, 3.8) is 0 Å². The number of carbonyl (C=O) groups excluding carboxylic acids is 1. The van der Waals surface area contributed by atoms with Gasteiger partial charge in [-0.3, -0.25) is 4.79 Å². The first-order valence-electron chi connectivity index (χ1n) is 4.71. The normalized spacial score (nSPS) is 14.4. The summed E-state index contributed by atoms with van der Waals surface area (Å²) in [5, 5.41) is 8.40. The fourth-order valence-electron chi connectivity index (χ4n) is 1.19. The van der Waals surface area contributed by atoms with Crippen LogP contribution in [0.3, 0.4) is 0 Å². The van der Waals surface area contributed by atoms with Gasteiger partial charge in [0.05, 0.1) is 6.07 Å². The highest BCUT2D eigenvalue weighted by Gasteiger charge is 2.60. The highest BCUT2D eigenvalue weighted by molar-refractivity contribution is 5.83. The Kier molecular flexibility index (Phi) is 5.60. The predicted molar refractivity (Wildman–Crippen MR) is 46.3 cm³/mol. The van der Waals surface area contributed by atoms with E-state index in [0.717, 1.165) is 0 Å². The minimum Gasteiger partial charge on any atom is -0.363 e. The number of ether oxygens (including phenoxy) is 1. The standard InChI is InChI=1S/C9H9F6NO2/c1-2-18-5(4-16)3-6(17)7(8(10,11)12)9(13,14)15/h5,7H,2-3H2,1H3. The molecule has 3 nitrogen and oxygen atoms in total. The molecule has 1 unspecified atom stereocenters. The molecule has 0 aromatic heterocycles. The quantitative estimate of drug-likeness (QED) is 0.726. The summed E-state index contributed by atoms with van der Waals surface area (Å²) in [4.78, 5) is 11.0. The molecule has 0 aliphatic rings. The number of Topliss-reactive ketones (excluding diaryl/α,β-unsaturated/α-hetero) is 1. The molecule has 9 heteroatoms. The number of carbonyl (C=O) groups is 1. The van der Waals surface area contributed by atoms with E-state index < -0.39 is 36.6 Å². The van der Waals surface area contributed by atoms with Crippen molar-refractivity contribution in [3.8, 4) is 6.07 Å². The van der Waals surface area contributed by atoms with E-state index in [9.17, 15) is 31.1 Å². The molecule has 0 saturated carbocycles. The Morgan fingerprint density at radius 1 is 1.22 bits per heavy atom. The van der Waals surface area contributed by atoms with Crippen molar-refractivity contribution < 1.29 is 35.9 Å². The van der Waals surface area contributed by atoms with Crippen LogP contribution in [-0.2, 0) is 9.53 Å². The lowest BCUT2D eigenvalue weighted by atomic mass is 9.98. The van der Waals surface area contributed by atoms with E-state index in [-0.39, 0.29) is 6.61 Å². The van der Waals surface area contributed by atoms with Crippen molar-refractivity contribution in [2.45, 2.75) is 31.8 Å². The Morgan fingerprint density at radius 3 is 1.94 bits per heavy atom. The van der Waals surface area contributed by atoms with Crippen molar-refractivity contribution in [1.29, 1.82) is 5.26 Å². The second kappa shape index (κ2) is 6.04. The summed E-state index contributed by atoms with van der Waals surface area (Å²) < 4.78 is 77.4. The van der Waals surface area contributed by atoms with Gasteiger partial charge in [0.25, 0.3) is 0 Å². The van der Waals surface area contributed by atoms with Crippen LogP contribution >= 0.6 is 0 Å². The molecule has 0 aliphatic carbocycles. The number of hydrogen-bond acceptors (Lipinski definition) is 3. The summed E-state index contributed by atoms with van der Waals surface area (Å²) in [7, 11) is 0. The highest BCUT2D eigenvalue weighted by atomic mass is 19.4. The maximum atomic E-state index is 12.1. The van der Waals surface area contributed by atoms with Gasteiger partial charge in [-0.25, -0.2) is 0 Å². The first-order chi connectivity index (χ1) is 8.04. The molecule has 0 heterocycles.